The Labute approximate surface area is 179 Å². The molecule has 7 heteroatoms. The monoisotopic (exact) mass is 423 g/mol. The summed E-state index contributed by atoms with van der Waals surface area (Å²) in [4.78, 5) is 24.7. The number of carbonyl (C=O) groups is 2. The second-order valence-corrected chi connectivity index (χ2v) is 6.57. The lowest BCUT2D eigenvalue weighted by Gasteiger charge is -2.15. The minimum absolute atomic E-state index is 0.0184. The van der Waals surface area contributed by atoms with Crippen LogP contribution in [0.4, 0.5) is 4.39 Å². The molecular formula is C24H22FNO5. The summed E-state index contributed by atoms with van der Waals surface area (Å²) in [7, 11) is 4.01. The summed E-state index contributed by atoms with van der Waals surface area (Å²) < 4.78 is 29.2. The Hall–Kier alpha value is -3.87. The number of nitrogens with one attached hydrogen (secondary N) is 1. The highest BCUT2D eigenvalue weighted by atomic mass is 19.1. The van der Waals surface area contributed by atoms with E-state index in [0.29, 0.717) is 5.56 Å². The maximum atomic E-state index is 14.1. The molecule has 0 aliphatic rings. The number of methoxy groups -OCH3 is 3. The van der Waals surface area contributed by atoms with Crippen molar-refractivity contribution in [2.24, 2.45) is 0 Å². The van der Waals surface area contributed by atoms with Crippen molar-refractivity contribution in [3.8, 4) is 22.6 Å². The van der Waals surface area contributed by atoms with Crippen molar-refractivity contribution in [1.29, 1.82) is 0 Å². The third kappa shape index (κ3) is 4.66. The highest BCUT2D eigenvalue weighted by Gasteiger charge is 2.22. The largest absolute Gasteiger partial charge is 0.496 e. The van der Waals surface area contributed by atoms with Gasteiger partial charge in [0.2, 0.25) is 0 Å². The van der Waals surface area contributed by atoms with Crippen molar-refractivity contribution in [3.63, 3.8) is 0 Å². The molecule has 0 heterocycles. The Balaban J connectivity index is 1.89. The molecule has 0 aliphatic heterocycles. The number of benzene rings is 3. The molecule has 31 heavy (non-hydrogen) atoms. The van der Waals surface area contributed by atoms with Crippen LogP contribution in [0.15, 0.2) is 60.7 Å². The number of hydrogen-bond acceptors (Lipinski definition) is 5. The molecule has 0 aliphatic carbocycles. The SMILES string of the molecule is COC(=O)c1cccc(-c2ccccc2CNC(=O)c2c(OC)ccc(F)c2OC)c1. The maximum Gasteiger partial charge on any atom is 0.337 e. The first-order valence-electron chi connectivity index (χ1n) is 9.45. The van der Waals surface area contributed by atoms with Gasteiger partial charge in [0.1, 0.15) is 11.3 Å². The maximum absolute atomic E-state index is 14.1. The van der Waals surface area contributed by atoms with E-state index >= 15 is 0 Å². The Morgan fingerprint density at radius 3 is 2.42 bits per heavy atom. The standard InChI is InChI=1S/C24H22FNO5/c1-29-20-12-11-19(25)22(30-2)21(20)23(27)26-14-17-7-4-5-10-18(17)15-8-6-9-16(13-15)24(28)31-3/h4-13H,14H2,1-3H3,(H,26,27). The smallest absolute Gasteiger partial charge is 0.337 e. The first-order chi connectivity index (χ1) is 15.0. The second-order valence-electron chi connectivity index (χ2n) is 6.57. The molecule has 0 spiro atoms. The van der Waals surface area contributed by atoms with E-state index in [4.69, 9.17) is 14.2 Å². The van der Waals surface area contributed by atoms with Crippen molar-refractivity contribution in [3.05, 3.63) is 83.2 Å². The summed E-state index contributed by atoms with van der Waals surface area (Å²) in [6.45, 7) is 0.167. The number of halogens is 1. The normalized spacial score (nSPS) is 10.3. The predicted octanol–water partition coefficient (Wildman–Crippen LogP) is 4.23. The van der Waals surface area contributed by atoms with Gasteiger partial charge in [0.15, 0.2) is 11.6 Å². The molecule has 1 amide bonds. The average Bonchev–Trinajstić information content (AvgIpc) is 2.82. The van der Waals surface area contributed by atoms with E-state index in [1.807, 2.05) is 30.3 Å². The molecule has 0 bridgehead atoms. The lowest BCUT2D eigenvalue weighted by molar-refractivity contribution is 0.0600. The first kappa shape index (κ1) is 21.8. The van der Waals surface area contributed by atoms with Crippen LogP contribution in [-0.4, -0.2) is 33.2 Å². The molecule has 0 fully saturated rings. The van der Waals surface area contributed by atoms with E-state index in [1.165, 1.54) is 33.5 Å². The number of carbonyl (C=O) groups excluding carboxylic acids is 2. The van der Waals surface area contributed by atoms with Gasteiger partial charge < -0.3 is 19.5 Å². The number of ether oxygens (including phenoxy) is 3. The van der Waals surface area contributed by atoms with Gasteiger partial charge in [-0.05, 0) is 41.0 Å². The molecule has 0 saturated heterocycles. The van der Waals surface area contributed by atoms with Crippen LogP contribution in [0.3, 0.4) is 0 Å². The van der Waals surface area contributed by atoms with Crippen molar-refractivity contribution in [2.75, 3.05) is 21.3 Å². The molecule has 0 unspecified atom stereocenters. The first-order valence-corrected chi connectivity index (χ1v) is 9.45. The molecule has 0 aromatic heterocycles. The molecule has 0 atom stereocenters. The van der Waals surface area contributed by atoms with Crippen LogP contribution in [0.5, 0.6) is 11.5 Å². The van der Waals surface area contributed by atoms with Gasteiger partial charge in [-0.15, -0.1) is 0 Å². The van der Waals surface area contributed by atoms with E-state index in [1.54, 1.807) is 18.2 Å². The summed E-state index contributed by atoms with van der Waals surface area (Å²) in [5, 5.41) is 2.79. The molecule has 160 valence electrons. The van der Waals surface area contributed by atoms with Crippen LogP contribution in [-0.2, 0) is 11.3 Å². The van der Waals surface area contributed by atoms with Crippen molar-refractivity contribution < 1.29 is 28.2 Å². The van der Waals surface area contributed by atoms with E-state index in [2.05, 4.69) is 5.32 Å². The van der Waals surface area contributed by atoms with E-state index in [-0.39, 0.29) is 23.6 Å². The topological polar surface area (TPSA) is 73.9 Å². The fourth-order valence-corrected chi connectivity index (χ4v) is 3.28. The van der Waals surface area contributed by atoms with Crippen LogP contribution in [0.1, 0.15) is 26.3 Å². The Morgan fingerprint density at radius 2 is 1.71 bits per heavy atom. The predicted molar refractivity (Wildman–Crippen MR) is 114 cm³/mol. The number of esters is 1. The molecular weight excluding hydrogens is 401 g/mol. The zero-order valence-electron chi connectivity index (χ0n) is 17.4. The zero-order valence-corrected chi connectivity index (χ0v) is 17.4. The van der Waals surface area contributed by atoms with E-state index in [0.717, 1.165) is 16.7 Å². The van der Waals surface area contributed by atoms with Gasteiger partial charge in [-0.1, -0.05) is 36.4 Å². The van der Waals surface area contributed by atoms with Crippen molar-refractivity contribution >= 4 is 11.9 Å². The van der Waals surface area contributed by atoms with Gasteiger partial charge in [-0.25, -0.2) is 9.18 Å². The minimum Gasteiger partial charge on any atom is -0.496 e. The summed E-state index contributed by atoms with van der Waals surface area (Å²) in [6, 6.07) is 17.0. The van der Waals surface area contributed by atoms with E-state index < -0.39 is 17.7 Å². The highest BCUT2D eigenvalue weighted by molar-refractivity contribution is 6.00. The minimum atomic E-state index is -0.659. The Kier molecular flexibility index (Phi) is 6.87. The molecule has 6 nitrogen and oxygen atoms in total. The average molecular weight is 423 g/mol. The number of hydrogen-bond donors (Lipinski definition) is 1. The van der Waals surface area contributed by atoms with Crippen LogP contribution < -0.4 is 14.8 Å². The summed E-state index contributed by atoms with van der Waals surface area (Å²) in [6.07, 6.45) is 0. The number of rotatable bonds is 7. The third-order valence-electron chi connectivity index (χ3n) is 4.77. The van der Waals surface area contributed by atoms with Gasteiger partial charge in [-0.2, -0.15) is 0 Å². The molecule has 1 N–H and O–H groups in total. The van der Waals surface area contributed by atoms with Gasteiger partial charge in [0, 0.05) is 6.54 Å². The van der Waals surface area contributed by atoms with Crippen LogP contribution >= 0.6 is 0 Å². The van der Waals surface area contributed by atoms with E-state index in [9.17, 15) is 14.0 Å². The van der Waals surface area contributed by atoms with Gasteiger partial charge >= 0.3 is 5.97 Å². The van der Waals surface area contributed by atoms with Crippen molar-refractivity contribution in [1.82, 2.24) is 5.32 Å². The molecule has 0 saturated carbocycles. The summed E-state index contributed by atoms with van der Waals surface area (Å²) in [5.74, 6) is -1.61. The summed E-state index contributed by atoms with van der Waals surface area (Å²) >= 11 is 0. The Morgan fingerprint density at radius 1 is 0.935 bits per heavy atom. The molecule has 0 radical (unpaired) electrons. The fraction of sp³-hybridized carbons (Fsp3) is 0.167. The van der Waals surface area contributed by atoms with Gasteiger partial charge in [-0.3, -0.25) is 4.79 Å². The van der Waals surface area contributed by atoms with Gasteiger partial charge in [0.25, 0.3) is 5.91 Å². The van der Waals surface area contributed by atoms with Crippen molar-refractivity contribution in [2.45, 2.75) is 6.54 Å². The van der Waals surface area contributed by atoms with Crippen LogP contribution in [0, 0.1) is 5.82 Å². The second kappa shape index (κ2) is 9.75. The molecule has 3 aromatic rings. The quantitative estimate of drug-likeness (QED) is 0.576. The van der Waals surface area contributed by atoms with Crippen LogP contribution in [0.25, 0.3) is 11.1 Å². The van der Waals surface area contributed by atoms with Crippen LogP contribution in [0.2, 0.25) is 0 Å². The third-order valence-corrected chi connectivity index (χ3v) is 4.77. The Bertz CT molecular complexity index is 1110. The fourth-order valence-electron chi connectivity index (χ4n) is 3.28. The molecule has 3 aromatic carbocycles. The summed E-state index contributed by atoms with van der Waals surface area (Å²) in [5.41, 5.74) is 2.86. The zero-order chi connectivity index (χ0) is 22.4. The lowest BCUT2D eigenvalue weighted by Crippen LogP contribution is -2.24. The molecule has 3 rings (SSSR count). The van der Waals surface area contributed by atoms with Gasteiger partial charge in [0.05, 0.1) is 26.9 Å². The lowest BCUT2D eigenvalue weighted by atomic mass is 9.98. The highest BCUT2D eigenvalue weighted by Crippen LogP contribution is 2.31. The number of amides is 1.